The van der Waals surface area contributed by atoms with E-state index < -0.39 is 16.8 Å². The maximum Gasteiger partial charge on any atom is 0.269 e. The van der Waals surface area contributed by atoms with E-state index in [4.69, 9.17) is 11.6 Å². The zero-order valence-corrected chi connectivity index (χ0v) is 14.7. The van der Waals surface area contributed by atoms with Gasteiger partial charge >= 0.3 is 0 Å². The molecule has 0 amide bonds. The smallest absolute Gasteiger partial charge is 0.269 e. The van der Waals surface area contributed by atoms with Crippen LogP contribution in [0.5, 0.6) is 0 Å². The number of ketones is 2. The van der Waals surface area contributed by atoms with E-state index in [1.165, 1.54) is 42.5 Å². The van der Waals surface area contributed by atoms with E-state index in [1.807, 2.05) is 0 Å². The Balaban J connectivity index is 2.29. The molecule has 0 aliphatic heterocycles. The third-order valence-electron chi connectivity index (χ3n) is 3.59. The monoisotopic (exact) mass is 376 g/mol. The number of hydrogen-bond donors (Lipinski definition) is 2. The van der Waals surface area contributed by atoms with Gasteiger partial charge in [0.15, 0.2) is 11.6 Å². The fourth-order valence-electron chi connectivity index (χ4n) is 2.33. The molecule has 0 heterocycles. The average molecular weight is 377 g/mol. The summed E-state index contributed by atoms with van der Waals surface area (Å²) < 4.78 is 0. The average Bonchev–Trinajstić information content (AvgIpc) is 2.60. The molecule has 0 saturated carbocycles. The van der Waals surface area contributed by atoms with E-state index in [0.29, 0.717) is 5.02 Å². The SMILES string of the molecule is CC(O)CNCC(=O)c1ccc(Cl)cc1C(=O)c1ccc([N+](=O)[O-])cc1. The second kappa shape index (κ2) is 8.66. The lowest BCUT2D eigenvalue weighted by Gasteiger charge is -2.10. The second-order valence-corrected chi connectivity index (χ2v) is 6.16. The number of aliphatic hydroxyl groups excluding tert-OH is 1. The number of carbonyl (C=O) groups is 2. The molecule has 0 spiro atoms. The predicted octanol–water partition coefficient (Wildman–Crippen LogP) is 2.63. The van der Waals surface area contributed by atoms with Crippen molar-refractivity contribution in [2.24, 2.45) is 0 Å². The van der Waals surface area contributed by atoms with Crippen molar-refractivity contribution >= 4 is 28.9 Å². The number of nitro benzene ring substituents is 1. The van der Waals surface area contributed by atoms with Crippen LogP contribution in [0, 0.1) is 10.1 Å². The van der Waals surface area contributed by atoms with Gasteiger partial charge in [-0.15, -0.1) is 0 Å². The topological polar surface area (TPSA) is 110 Å². The third-order valence-corrected chi connectivity index (χ3v) is 3.83. The lowest BCUT2D eigenvalue weighted by Crippen LogP contribution is -2.30. The number of Topliss-reactive ketones (excluding diaryl/α,β-unsaturated/α-hetero) is 1. The van der Waals surface area contributed by atoms with Crippen molar-refractivity contribution in [2.75, 3.05) is 13.1 Å². The summed E-state index contributed by atoms with van der Waals surface area (Å²) in [6.07, 6.45) is -0.603. The molecule has 0 aliphatic rings. The van der Waals surface area contributed by atoms with E-state index >= 15 is 0 Å². The van der Waals surface area contributed by atoms with Gasteiger partial charge in [-0.3, -0.25) is 19.7 Å². The minimum Gasteiger partial charge on any atom is -0.392 e. The van der Waals surface area contributed by atoms with Crippen LogP contribution in [-0.2, 0) is 0 Å². The van der Waals surface area contributed by atoms with Crippen LogP contribution in [0.1, 0.15) is 33.2 Å². The zero-order chi connectivity index (χ0) is 19.3. The number of non-ortho nitro benzene ring substituents is 1. The summed E-state index contributed by atoms with van der Waals surface area (Å²) in [4.78, 5) is 35.3. The van der Waals surface area contributed by atoms with Crippen molar-refractivity contribution in [1.29, 1.82) is 0 Å². The molecule has 2 rings (SSSR count). The molecule has 1 atom stereocenters. The third kappa shape index (κ3) is 4.95. The minimum absolute atomic E-state index is 0.0485. The Morgan fingerprint density at radius 1 is 1.19 bits per heavy atom. The summed E-state index contributed by atoms with van der Waals surface area (Å²) >= 11 is 5.96. The molecule has 0 aliphatic carbocycles. The number of rotatable bonds is 8. The first-order chi connectivity index (χ1) is 12.3. The van der Waals surface area contributed by atoms with Crippen molar-refractivity contribution in [1.82, 2.24) is 5.32 Å². The summed E-state index contributed by atoms with van der Waals surface area (Å²) in [6.45, 7) is 1.78. The molecule has 2 N–H and O–H groups in total. The van der Waals surface area contributed by atoms with Gasteiger partial charge in [0.25, 0.3) is 5.69 Å². The number of aliphatic hydroxyl groups is 1. The van der Waals surface area contributed by atoms with Gasteiger partial charge in [0.05, 0.1) is 17.6 Å². The molecule has 0 radical (unpaired) electrons. The van der Waals surface area contributed by atoms with Crippen molar-refractivity contribution in [3.05, 3.63) is 74.3 Å². The summed E-state index contributed by atoms with van der Waals surface area (Å²) in [5.74, 6) is -0.783. The van der Waals surface area contributed by atoms with Crippen LogP contribution < -0.4 is 5.32 Å². The number of nitrogens with zero attached hydrogens (tertiary/aromatic N) is 1. The highest BCUT2D eigenvalue weighted by atomic mass is 35.5. The first-order valence-corrected chi connectivity index (χ1v) is 8.18. The lowest BCUT2D eigenvalue weighted by molar-refractivity contribution is -0.384. The Labute approximate surface area is 154 Å². The number of carbonyl (C=O) groups excluding carboxylic acids is 2. The van der Waals surface area contributed by atoms with E-state index in [9.17, 15) is 24.8 Å². The Morgan fingerprint density at radius 3 is 2.42 bits per heavy atom. The fraction of sp³-hybridized carbons (Fsp3) is 0.222. The Kier molecular flexibility index (Phi) is 6.57. The van der Waals surface area contributed by atoms with E-state index in [0.717, 1.165) is 0 Å². The first kappa shape index (κ1) is 19.7. The highest BCUT2D eigenvalue weighted by Gasteiger charge is 2.19. The van der Waals surface area contributed by atoms with Crippen LogP contribution in [0.2, 0.25) is 5.02 Å². The highest BCUT2D eigenvalue weighted by molar-refractivity contribution is 6.31. The highest BCUT2D eigenvalue weighted by Crippen LogP contribution is 2.21. The molecule has 26 heavy (non-hydrogen) atoms. The summed E-state index contributed by atoms with van der Waals surface area (Å²) in [6, 6.07) is 9.49. The zero-order valence-electron chi connectivity index (χ0n) is 13.9. The molecule has 2 aromatic carbocycles. The van der Waals surface area contributed by atoms with Gasteiger partial charge < -0.3 is 10.4 Å². The second-order valence-electron chi connectivity index (χ2n) is 5.73. The Hall–Kier alpha value is -2.61. The predicted molar refractivity (Wildman–Crippen MR) is 96.9 cm³/mol. The van der Waals surface area contributed by atoms with Crippen molar-refractivity contribution in [3.63, 3.8) is 0 Å². The van der Waals surface area contributed by atoms with Crippen molar-refractivity contribution in [2.45, 2.75) is 13.0 Å². The number of benzene rings is 2. The summed E-state index contributed by atoms with van der Waals surface area (Å²) in [7, 11) is 0. The molecular formula is C18H17ClN2O5. The van der Waals surface area contributed by atoms with Gasteiger partial charge in [0.1, 0.15) is 0 Å². The van der Waals surface area contributed by atoms with Gasteiger partial charge in [-0.05, 0) is 37.3 Å². The van der Waals surface area contributed by atoms with Crippen LogP contribution in [0.25, 0.3) is 0 Å². The molecule has 0 saturated heterocycles. The van der Waals surface area contributed by atoms with Gasteiger partial charge in [-0.1, -0.05) is 11.6 Å². The molecule has 8 heteroatoms. The molecular weight excluding hydrogens is 360 g/mol. The first-order valence-electron chi connectivity index (χ1n) is 7.80. The molecule has 0 bridgehead atoms. The Morgan fingerprint density at radius 2 is 1.85 bits per heavy atom. The lowest BCUT2D eigenvalue weighted by atomic mass is 9.96. The molecule has 136 valence electrons. The van der Waals surface area contributed by atoms with E-state index in [2.05, 4.69) is 5.32 Å². The Bertz CT molecular complexity index is 834. The maximum atomic E-state index is 12.7. The van der Waals surface area contributed by atoms with Gasteiger partial charge in [-0.25, -0.2) is 0 Å². The molecule has 0 fully saturated rings. The molecule has 2 aromatic rings. The van der Waals surface area contributed by atoms with Crippen LogP contribution in [-0.4, -0.2) is 40.8 Å². The van der Waals surface area contributed by atoms with Crippen LogP contribution >= 0.6 is 11.6 Å². The number of hydrogen-bond acceptors (Lipinski definition) is 6. The van der Waals surface area contributed by atoms with E-state index in [-0.39, 0.29) is 41.3 Å². The van der Waals surface area contributed by atoms with Crippen LogP contribution in [0.15, 0.2) is 42.5 Å². The largest absolute Gasteiger partial charge is 0.392 e. The standard InChI is InChI=1S/C18H17ClN2O5/c1-11(22)9-20-10-17(23)15-7-4-13(19)8-16(15)18(24)12-2-5-14(6-3-12)21(25)26/h2-8,11,20,22H,9-10H2,1H3. The molecule has 0 aromatic heterocycles. The molecule has 1 unspecified atom stereocenters. The van der Waals surface area contributed by atoms with Crippen LogP contribution in [0.4, 0.5) is 5.69 Å². The number of nitro groups is 1. The van der Waals surface area contributed by atoms with E-state index in [1.54, 1.807) is 6.92 Å². The molecule has 7 nitrogen and oxygen atoms in total. The van der Waals surface area contributed by atoms with Crippen LogP contribution in [0.3, 0.4) is 0 Å². The van der Waals surface area contributed by atoms with Gasteiger partial charge in [0.2, 0.25) is 0 Å². The maximum absolute atomic E-state index is 12.7. The van der Waals surface area contributed by atoms with Crippen molar-refractivity contribution < 1.29 is 19.6 Å². The van der Waals surface area contributed by atoms with Gasteiger partial charge in [-0.2, -0.15) is 0 Å². The summed E-state index contributed by atoms with van der Waals surface area (Å²) in [5.41, 5.74) is 0.390. The summed E-state index contributed by atoms with van der Waals surface area (Å²) in [5, 5.41) is 23.1. The minimum atomic E-state index is -0.603. The number of nitrogens with one attached hydrogen (secondary N) is 1. The quantitative estimate of drug-likeness (QED) is 0.416. The van der Waals surface area contributed by atoms with Gasteiger partial charge in [0, 0.05) is 40.4 Å². The number of halogens is 1. The fourth-order valence-corrected chi connectivity index (χ4v) is 2.50. The van der Waals surface area contributed by atoms with Crippen molar-refractivity contribution in [3.8, 4) is 0 Å². The normalized spacial score (nSPS) is 11.8.